The van der Waals surface area contributed by atoms with Crippen LogP contribution in [0.15, 0.2) is 50.9 Å². The van der Waals surface area contributed by atoms with Crippen molar-refractivity contribution >= 4 is 27.7 Å². The Morgan fingerprint density at radius 1 is 1.30 bits per heavy atom. The molecule has 0 atom stereocenters. The molecule has 106 valence electrons. The molecule has 0 saturated carbocycles. The molecule has 0 bridgehead atoms. The van der Waals surface area contributed by atoms with Crippen LogP contribution in [0.1, 0.15) is 24.5 Å². The molecule has 0 fully saturated rings. The molecule has 0 spiro atoms. The summed E-state index contributed by atoms with van der Waals surface area (Å²) in [6, 6.07) is 10.6. The number of aryl methyl sites for hydroxylation is 1. The van der Waals surface area contributed by atoms with Crippen LogP contribution in [-0.2, 0) is 6.54 Å². The minimum atomic E-state index is 0.942. The molecule has 0 aliphatic carbocycles. The molecule has 0 radical (unpaired) electrons. The highest BCUT2D eigenvalue weighted by Crippen LogP contribution is 2.32. The van der Waals surface area contributed by atoms with Crippen LogP contribution in [0.5, 0.6) is 0 Å². The Bertz CT molecular complexity index is 572. The Balaban J connectivity index is 2.07. The average molecular weight is 351 g/mol. The van der Waals surface area contributed by atoms with Crippen molar-refractivity contribution < 1.29 is 0 Å². The van der Waals surface area contributed by atoms with E-state index in [-0.39, 0.29) is 0 Å². The Morgan fingerprint density at radius 3 is 2.85 bits per heavy atom. The third kappa shape index (κ3) is 4.33. The lowest BCUT2D eigenvalue weighted by Gasteiger charge is -2.09. The van der Waals surface area contributed by atoms with Gasteiger partial charge in [-0.3, -0.25) is 0 Å². The molecule has 20 heavy (non-hydrogen) atoms. The minimum Gasteiger partial charge on any atom is -0.313 e. The summed E-state index contributed by atoms with van der Waals surface area (Å²) in [5.74, 6) is 0. The smallest absolute Gasteiger partial charge is 0.115 e. The number of pyridine rings is 1. The summed E-state index contributed by atoms with van der Waals surface area (Å²) in [5, 5.41) is 4.45. The van der Waals surface area contributed by atoms with Gasteiger partial charge in [-0.2, -0.15) is 0 Å². The first-order valence-electron chi connectivity index (χ1n) is 6.79. The molecule has 1 N–H and O–H groups in total. The summed E-state index contributed by atoms with van der Waals surface area (Å²) in [7, 11) is 0. The third-order valence-corrected chi connectivity index (χ3v) is 4.91. The highest BCUT2D eigenvalue weighted by molar-refractivity contribution is 9.10. The van der Waals surface area contributed by atoms with E-state index >= 15 is 0 Å². The molecule has 0 aliphatic heterocycles. The fourth-order valence-corrected chi connectivity index (χ4v) is 3.26. The zero-order chi connectivity index (χ0) is 14.4. The zero-order valence-corrected chi connectivity index (χ0v) is 14.2. The van der Waals surface area contributed by atoms with Gasteiger partial charge in [0.2, 0.25) is 0 Å². The van der Waals surface area contributed by atoms with Gasteiger partial charge < -0.3 is 5.32 Å². The maximum atomic E-state index is 4.39. The first-order chi connectivity index (χ1) is 9.70. The Morgan fingerprint density at radius 2 is 2.15 bits per heavy atom. The summed E-state index contributed by atoms with van der Waals surface area (Å²) in [6.07, 6.45) is 2.99. The van der Waals surface area contributed by atoms with E-state index in [2.05, 4.69) is 58.3 Å². The standard InChI is InChI=1S/C16H19BrN2S/c1-3-8-18-11-13-6-7-14(10-12(13)2)20-16-15(17)5-4-9-19-16/h4-7,9-10,18H,3,8,11H2,1-2H3. The van der Waals surface area contributed by atoms with Gasteiger partial charge in [0.15, 0.2) is 0 Å². The Labute approximate surface area is 133 Å². The van der Waals surface area contributed by atoms with Crippen LogP contribution in [0.2, 0.25) is 0 Å². The monoisotopic (exact) mass is 350 g/mol. The zero-order valence-electron chi connectivity index (χ0n) is 11.8. The number of rotatable bonds is 6. The van der Waals surface area contributed by atoms with Crippen LogP contribution in [0, 0.1) is 6.92 Å². The number of nitrogens with zero attached hydrogens (tertiary/aromatic N) is 1. The van der Waals surface area contributed by atoms with Crippen molar-refractivity contribution in [3.63, 3.8) is 0 Å². The van der Waals surface area contributed by atoms with E-state index in [1.165, 1.54) is 22.4 Å². The second-order valence-corrected chi connectivity index (χ2v) is 6.57. The molecule has 0 saturated heterocycles. The highest BCUT2D eigenvalue weighted by atomic mass is 79.9. The number of hydrogen-bond acceptors (Lipinski definition) is 3. The van der Waals surface area contributed by atoms with E-state index in [1.807, 2.05) is 18.3 Å². The summed E-state index contributed by atoms with van der Waals surface area (Å²) >= 11 is 5.22. The maximum Gasteiger partial charge on any atom is 0.115 e. The summed E-state index contributed by atoms with van der Waals surface area (Å²) in [5.41, 5.74) is 2.69. The van der Waals surface area contributed by atoms with Gasteiger partial charge in [0.1, 0.15) is 5.03 Å². The van der Waals surface area contributed by atoms with Gasteiger partial charge in [0.25, 0.3) is 0 Å². The lowest BCUT2D eigenvalue weighted by Crippen LogP contribution is -2.14. The quantitative estimate of drug-likeness (QED) is 0.757. The molecule has 0 aliphatic rings. The van der Waals surface area contributed by atoms with Crippen LogP contribution in [-0.4, -0.2) is 11.5 Å². The van der Waals surface area contributed by atoms with Crippen molar-refractivity contribution in [2.45, 2.75) is 36.7 Å². The first-order valence-corrected chi connectivity index (χ1v) is 8.40. The molecule has 4 heteroatoms. The molecule has 1 heterocycles. The van der Waals surface area contributed by atoms with E-state index < -0.39 is 0 Å². The van der Waals surface area contributed by atoms with E-state index in [9.17, 15) is 0 Å². The summed E-state index contributed by atoms with van der Waals surface area (Å²) < 4.78 is 1.04. The number of nitrogens with one attached hydrogen (secondary N) is 1. The van der Waals surface area contributed by atoms with E-state index in [4.69, 9.17) is 0 Å². The Kier molecular flexibility index (Phi) is 6.07. The second kappa shape index (κ2) is 7.81. The van der Waals surface area contributed by atoms with E-state index in [0.29, 0.717) is 0 Å². The molecule has 2 aromatic rings. The van der Waals surface area contributed by atoms with Gasteiger partial charge >= 0.3 is 0 Å². The number of aromatic nitrogens is 1. The summed E-state index contributed by atoms with van der Waals surface area (Å²) in [6.45, 7) is 6.36. The molecule has 0 amide bonds. The average Bonchev–Trinajstić information content (AvgIpc) is 2.44. The SMILES string of the molecule is CCCNCc1ccc(Sc2ncccc2Br)cc1C. The minimum absolute atomic E-state index is 0.942. The lowest BCUT2D eigenvalue weighted by molar-refractivity contribution is 0.673. The molecule has 2 rings (SSSR count). The molecule has 1 aromatic carbocycles. The van der Waals surface area contributed by atoms with Crippen molar-refractivity contribution in [1.82, 2.24) is 10.3 Å². The molecule has 0 unspecified atom stereocenters. The molecular weight excluding hydrogens is 332 g/mol. The highest BCUT2D eigenvalue weighted by Gasteiger charge is 2.05. The van der Waals surface area contributed by atoms with Crippen molar-refractivity contribution in [3.8, 4) is 0 Å². The van der Waals surface area contributed by atoms with Crippen LogP contribution < -0.4 is 5.32 Å². The molecule has 1 aromatic heterocycles. The number of hydrogen-bond donors (Lipinski definition) is 1. The number of halogens is 1. The van der Waals surface area contributed by atoms with Gasteiger partial charge in [0, 0.05) is 17.6 Å². The number of benzene rings is 1. The largest absolute Gasteiger partial charge is 0.313 e. The van der Waals surface area contributed by atoms with Crippen molar-refractivity contribution in [2.75, 3.05) is 6.54 Å². The van der Waals surface area contributed by atoms with E-state index in [0.717, 1.165) is 22.6 Å². The molecule has 2 nitrogen and oxygen atoms in total. The van der Waals surface area contributed by atoms with Crippen LogP contribution in [0.4, 0.5) is 0 Å². The fourth-order valence-electron chi connectivity index (χ4n) is 1.89. The lowest BCUT2D eigenvalue weighted by atomic mass is 10.1. The normalized spacial score (nSPS) is 10.8. The summed E-state index contributed by atoms with van der Waals surface area (Å²) in [4.78, 5) is 5.61. The van der Waals surface area contributed by atoms with Crippen molar-refractivity contribution in [2.24, 2.45) is 0 Å². The first kappa shape index (κ1) is 15.5. The molecular formula is C16H19BrN2S. The Hall–Kier alpha value is -0.840. The third-order valence-electron chi connectivity index (χ3n) is 3.00. The second-order valence-electron chi connectivity index (χ2n) is 4.66. The van der Waals surface area contributed by atoms with E-state index in [1.54, 1.807) is 11.8 Å². The predicted octanol–water partition coefficient (Wildman–Crippen LogP) is 4.80. The topological polar surface area (TPSA) is 24.9 Å². The van der Waals surface area contributed by atoms with Crippen LogP contribution in [0.3, 0.4) is 0 Å². The van der Waals surface area contributed by atoms with Crippen molar-refractivity contribution in [3.05, 3.63) is 52.1 Å². The van der Waals surface area contributed by atoms with Gasteiger partial charge in [-0.15, -0.1) is 0 Å². The fraction of sp³-hybridized carbons (Fsp3) is 0.312. The van der Waals surface area contributed by atoms with Crippen LogP contribution >= 0.6 is 27.7 Å². The predicted molar refractivity (Wildman–Crippen MR) is 89.2 cm³/mol. The van der Waals surface area contributed by atoms with Gasteiger partial charge in [-0.1, -0.05) is 24.8 Å². The maximum absolute atomic E-state index is 4.39. The van der Waals surface area contributed by atoms with Gasteiger partial charge in [-0.25, -0.2) is 4.98 Å². The van der Waals surface area contributed by atoms with Gasteiger partial charge in [0.05, 0.1) is 4.47 Å². The van der Waals surface area contributed by atoms with Crippen LogP contribution in [0.25, 0.3) is 0 Å². The van der Waals surface area contributed by atoms with Gasteiger partial charge in [-0.05, 0) is 71.2 Å². The van der Waals surface area contributed by atoms with Crippen molar-refractivity contribution in [1.29, 1.82) is 0 Å².